The Bertz CT molecular complexity index is 819. The second-order valence-electron chi connectivity index (χ2n) is 6.33. The lowest BCUT2D eigenvalue weighted by molar-refractivity contribution is -0.132. The van der Waals surface area contributed by atoms with E-state index in [1.54, 1.807) is 0 Å². The van der Waals surface area contributed by atoms with Gasteiger partial charge in [-0.2, -0.15) is 5.10 Å². The quantitative estimate of drug-likeness (QED) is 0.756. The van der Waals surface area contributed by atoms with E-state index in [0.717, 1.165) is 42.0 Å². The van der Waals surface area contributed by atoms with Crippen LogP contribution in [0.25, 0.3) is 0 Å². The number of carbonyl (C=O) groups excluding carboxylic acids is 2. The maximum Gasteiger partial charge on any atom is 0.243 e. The number of rotatable bonds is 8. The lowest BCUT2D eigenvalue weighted by Gasteiger charge is -2.10. The van der Waals surface area contributed by atoms with Crippen LogP contribution < -0.4 is 5.32 Å². The Morgan fingerprint density at radius 2 is 2.00 bits per heavy atom. The van der Waals surface area contributed by atoms with E-state index in [0.29, 0.717) is 11.7 Å². The molecular weight excluding hydrogens is 362 g/mol. The van der Waals surface area contributed by atoms with Gasteiger partial charge < -0.3 is 5.32 Å². The highest BCUT2D eigenvalue weighted by atomic mass is 32.1. The maximum atomic E-state index is 12.3. The van der Waals surface area contributed by atoms with Crippen molar-refractivity contribution < 1.29 is 9.59 Å². The summed E-state index contributed by atoms with van der Waals surface area (Å²) in [6.45, 7) is 2.68. The Labute approximate surface area is 162 Å². The molecule has 0 radical (unpaired) electrons. The third-order valence-corrected chi connectivity index (χ3v) is 5.12. The highest BCUT2D eigenvalue weighted by molar-refractivity contribution is 7.15. The molecule has 0 atom stereocenters. The third-order valence-electron chi connectivity index (χ3n) is 4.22. The summed E-state index contributed by atoms with van der Waals surface area (Å²) in [6.07, 6.45) is 3.98. The molecule has 2 aromatic rings. The molecule has 8 heteroatoms. The number of benzene rings is 1. The van der Waals surface area contributed by atoms with Gasteiger partial charge in [-0.05, 0) is 12.0 Å². The Hall–Kier alpha value is -2.61. The molecule has 7 nitrogen and oxygen atoms in total. The highest BCUT2D eigenvalue weighted by Gasteiger charge is 2.22. The number of hydrogen-bond donors (Lipinski definition) is 1. The average molecular weight is 385 g/mol. The Kier molecular flexibility index (Phi) is 6.64. The van der Waals surface area contributed by atoms with Gasteiger partial charge in [0.05, 0.1) is 12.3 Å². The summed E-state index contributed by atoms with van der Waals surface area (Å²) < 4.78 is 0. The molecule has 1 N–H and O–H groups in total. The number of hydrazone groups is 1. The molecule has 1 aliphatic rings. The number of hydrogen-bond acceptors (Lipinski definition) is 6. The van der Waals surface area contributed by atoms with Gasteiger partial charge in [0.15, 0.2) is 0 Å². The number of unbranched alkanes of at least 4 members (excludes halogenated alkanes) is 1. The van der Waals surface area contributed by atoms with Crippen molar-refractivity contribution in [3.05, 3.63) is 40.9 Å². The Balaban J connectivity index is 1.45. The van der Waals surface area contributed by atoms with Gasteiger partial charge in [0.25, 0.3) is 0 Å². The van der Waals surface area contributed by atoms with Crippen molar-refractivity contribution in [3.8, 4) is 0 Å². The van der Waals surface area contributed by atoms with Gasteiger partial charge in [-0.25, -0.2) is 5.01 Å². The minimum atomic E-state index is -0.229. The first kappa shape index (κ1) is 19.2. The Morgan fingerprint density at radius 3 is 2.78 bits per heavy atom. The second-order valence-corrected chi connectivity index (χ2v) is 7.39. The lowest BCUT2D eigenvalue weighted by Crippen LogP contribution is -2.24. The van der Waals surface area contributed by atoms with Crippen molar-refractivity contribution in [2.75, 3.05) is 11.9 Å². The molecule has 0 bridgehead atoms. The van der Waals surface area contributed by atoms with E-state index in [4.69, 9.17) is 0 Å². The SMILES string of the molecule is CCCCc1nnc(NC(=O)CCC(=O)N2CCC(c3ccccc3)=N2)s1. The smallest absolute Gasteiger partial charge is 0.243 e. The van der Waals surface area contributed by atoms with Gasteiger partial charge >= 0.3 is 0 Å². The first-order chi connectivity index (χ1) is 13.2. The largest absolute Gasteiger partial charge is 0.301 e. The van der Waals surface area contributed by atoms with E-state index < -0.39 is 0 Å². The molecule has 2 amide bonds. The topological polar surface area (TPSA) is 87.5 Å². The van der Waals surface area contributed by atoms with Crippen LogP contribution in [0.4, 0.5) is 5.13 Å². The maximum absolute atomic E-state index is 12.3. The molecule has 0 aliphatic carbocycles. The molecule has 27 heavy (non-hydrogen) atoms. The predicted molar refractivity (Wildman–Crippen MR) is 106 cm³/mol. The fourth-order valence-corrected chi connectivity index (χ4v) is 3.53. The van der Waals surface area contributed by atoms with Crippen molar-refractivity contribution in [1.82, 2.24) is 15.2 Å². The second kappa shape index (κ2) is 9.36. The number of amides is 2. The summed E-state index contributed by atoms with van der Waals surface area (Å²) >= 11 is 1.39. The van der Waals surface area contributed by atoms with Crippen LogP contribution in [-0.4, -0.2) is 39.3 Å². The van der Waals surface area contributed by atoms with Gasteiger partial charge in [0.2, 0.25) is 16.9 Å². The minimum absolute atomic E-state index is 0.107. The first-order valence-corrected chi connectivity index (χ1v) is 10.0. The number of anilines is 1. The summed E-state index contributed by atoms with van der Waals surface area (Å²) in [4.78, 5) is 24.4. The summed E-state index contributed by atoms with van der Waals surface area (Å²) in [5.41, 5.74) is 1.93. The zero-order chi connectivity index (χ0) is 19.1. The molecular formula is C19H23N5O2S. The monoisotopic (exact) mass is 385 g/mol. The Morgan fingerprint density at radius 1 is 1.19 bits per heavy atom. The zero-order valence-electron chi connectivity index (χ0n) is 15.4. The molecule has 2 heterocycles. The van der Waals surface area contributed by atoms with Crippen LogP contribution in [0.5, 0.6) is 0 Å². The van der Waals surface area contributed by atoms with Crippen LogP contribution in [0.3, 0.4) is 0 Å². The van der Waals surface area contributed by atoms with Crippen LogP contribution in [0.1, 0.15) is 49.6 Å². The molecule has 0 spiro atoms. The number of nitrogens with zero attached hydrogens (tertiary/aromatic N) is 4. The highest BCUT2D eigenvalue weighted by Crippen LogP contribution is 2.18. The molecule has 3 rings (SSSR count). The molecule has 0 saturated heterocycles. The summed E-state index contributed by atoms with van der Waals surface area (Å²) in [6, 6.07) is 9.82. The number of nitrogens with one attached hydrogen (secondary N) is 1. The van der Waals surface area contributed by atoms with Gasteiger partial charge in [0, 0.05) is 25.7 Å². The van der Waals surface area contributed by atoms with Crippen molar-refractivity contribution >= 4 is 34.0 Å². The van der Waals surface area contributed by atoms with E-state index >= 15 is 0 Å². The third kappa shape index (κ3) is 5.43. The molecule has 0 saturated carbocycles. The number of aromatic nitrogens is 2. The first-order valence-electron chi connectivity index (χ1n) is 9.21. The van der Waals surface area contributed by atoms with Crippen molar-refractivity contribution in [2.45, 2.75) is 45.4 Å². The van der Waals surface area contributed by atoms with Crippen LogP contribution in [0, 0.1) is 0 Å². The number of carbonyl (C=O) groups is 2. The van der Waals surface area contributed by atoms with Crippen molar-refractivity contribution in [3.63, 3.8) is 0 Å². The molecule has 0 unspecified atom stereocenters. The van der Waals surface area contributed by atoms with Gasteiger partial charge in [-0.15, -0.1) is 10.2 Å². The van der Waals surface area contributed by atoms with Crippen molar-refractivity contribution in [2.24, 2.45) is 5.10 Å². The van der Waals surface area contributed by atoms with Gasteiger partial charge in [-0.1, -0.05) is 55.0 Å². The van der Waals surface area contributed by atoms with Crippen LogP contribution in [0.15, 0.2) is 35.4 Å². The fraction of sp³-hybridized carbons (Fsp3) is 0.421. The van der Waals surface area contributed by atoms with Crippen LogP contribution in [-0.2, 0) is 16.0 Å². The van der Waals surface area contributed by atoms with E-state index in [1.807, 2.05) is 30.3 Å². The van der Waals surface area contributed by atoms with E-state index in [-0.39, 0.29) is 24.7 Å². The molecule has 1 aromatic carbocycles. The summed E-state index contributed by atoms with van der Waals surface area (Å²) in [7, 11) is 0. The molecule has 142 valence electrons. The predicted octanol–water partition coefficient (Wildman–Crippen LogP) is 3.24. The lowest BCUT2D eigenvalue weighted by atomic mass is 10.1. The van der Waals surface area contributed by atoms with Gasteiger partial charge in [-0.3, -0.25) is 9.59 Å². The summed E-state index contributed by atoms with van der Waals surface area (Å²) in [5, 5.41) is 18.0. The minimum Gasteiger partial charge on any atom is -0.301 e. The zero-order valence-corrected chi connectivity index (χ0v) is 16.2. The normalized spacial score (nSPS) is 13.5. The standard InChI is InChI=1S/C19H23N5O2S/c1-2-3-9-17-21-22-19(27-17)20-16(25)10-11-18(26)24-13-12-15(23-24)14-7-5-4-6-8-14/h4-8H,2-3,9-13H2,1H3,(H,20,22,25). The molecule has 0 fully saturated rings. The van der Waals surface area contributed by atoms with E-state index in [9.17, 15) is 9.59 Å². The molecule has 1 aromatic heterocycles. The molecule has 1 aliphatic heterocycles. The van der Waals surface area contributed by atoms with Crippen molar-refractivity contribution in [1.29, 1.82) is 0 Å². The van der Waals surface area contributed by atoms with Gasteiger partial charge in [0.1, 0.15) is 5.01 Å². The average Bonchev–Trinajstić information content (AvgIpc) is 3.35. The van der Waals surface area contributed by atoms with Crippen LogP contribution in [0.2, 0.25) is 0 Å². The van der Waals surface area contributed by atoms with E-state index in [1.165, 1.54) is 16.3 Å². The fourth-order valence-electron chi connectivity index (χ4n) is 2.74. The number of aryl methyl sites for hydroxylation is 1. The van der Waals surface area contributed by atoms with Crippen LogP contribution >= 0.6 is 11.3 Å². The summed E-state index contributed by atoms with van der Waals surface area (Å²) in [5.74, 6) is -0.370. The van der Waals surface area contributed by atoms with E-state index in [2.05, 4.69) is 27.5 Å².